The van der Waals surface area contributed by atoms with Gasteiger partial charge in [-0.2, -0.15) is 0 Å². The van der Waals surface area contributed by atoms with Crippen LogP contribution in [0.5, 0.6) is 0 Å². The van der Waals surface area contributed by atoms with E-state index in [1.54, 1.807) is 13.8 Å². The van der Waals surface area contributed by atoms with Gasteiger partial charge in [0.05, 0.1) is 5.56 Å². The number of carbonyl (C=O) groups excluding carboxylic acids is 3. The average Bonchev–Trinajstić information content (AvgIpc) is 3.39. The molecule has 0 aromatic heterocycles. The number of hydrogen-bond donors (Lipinski definition) is 4. The van der Waals surface area contributed by atoms with E-state index in [1.165, 1.54) is 4.90 Å². The highest BCUT2D eigenvalue weighted by atomic mass is 19.3. The molecule has 1 aromatic carbocycles. The highest BCUT2D eigenvalue weighted by molar-refractivity contribution is 5.93. The maximum atomic E-state index is 14.2. The zero-order valence-electron chi connectivity index (χ0n) is 23.8. The van der Waals surface area contributed by atoms with E-state index in [9.17, 15) is 41.8 Å². The van der Waals surface area contributed by atoms with Gasteiger partial charge < -0.3 is 25.7 Å². The second kappa shape index (κ2) is 14.8. The van der Waals surface area contributed by atoms with Gasteiger partial charge in [-0.3, -0.25) is 14.4 Å². The maximum Gasteiger partial charge on any atom is 0.335 e. The van der Waals surface area contributed by atoms with E-state index in [0.717, 1.165) is 32.1 Å². The fourth-order valence-corrected chi connectivity index (χ4v) is 5.84. The van der Waals surface area contributed by atoms with Crippen molar-refractivity contribution in [1.29, 1.82) is 0 Å². The van der Waals surface area contributed by atoms with Gasteiger partial charge in [-0.1, -0.05) is 46.0 Å². The highest BCUT2D eigenvalue weighted by Crippen LogP contribution is 2.38. The summed E-state index contributed by atoms with van der Waals surface area (Å²) in [6, 6.07) is -1.48. The number of amides is 3. The summed E-state index contributed by atoms with van der Waals surface area (Å²) >= 11 is 0. The quantitative estimate of drug-likeness (QED) is 0.272. The number of rotatable bonds is 12. The van der Waals surface area contributed by atoms with Crippen molar-refractivity contribution in [3.05, 3.63) is 34.9 Å². The van der Waals surface area contributed by atoms with Crippen molar-refractivity contribution < 1.29 is 47.0 Å². The van der Waals surface area contributed by atoms with Crippen molar-refractivity contribution in [2.45, 2.75) is 89.8 Å². The Bertz CT molecular complexity index is 1120. The molecule has 0 radical (unpaired) electrons. The van der Waals surface area contributed by atoms with Gasteiger partial charge in [0.1, 0.15) is 29.8 Å². The molecule has 1 saturated heterocycles. The lowest BCUT2D eigenvalue weighted by Gasteiger charge is -2.29. The molecule has 4 N–H and O–H groups in total. The monoisotopic (exact) mass is 601 g/mol. The van der Waals surface area contributed by atoms with Gasteiger partial charge in [0.25, 0.3) is 5.91 Å². The number of carboxylic acid groups (broad SMARTS) is 1. The SMILES string of the molecule is CC(C)[C@H](O)C(=O)N1C[C@H](C2CCCCC2)CC1C(=O)N[C@@H](CC(F)F)C(=O)NCCc1c(F)cc(C(=O)O)cc1F. The Morgan fingerprint density at radius 1 is 1.02 bits per heavy atom. The zero-order chi connectivity index (χ0) is 31.1. The molecule has 9 nitrogen and oxygen atoms in total. The Kier molecular flexibility index (Phi) is 11.7. The number of carbonyl (C=O) groups is 4. The van der Waals surface area contributed by atoms with Crippen molar-refractivity contribution in [2.24, 2.45) is 17.8 Å². The molecule has 42 heavy (non-hydrogen) atoms. The largest absolute Gasteiger partial charge is 0.478 e. The van der Waals surface area contributed by atoms with Crippen LogP contribution >= 0.6 is 0 Å². The summed E-state index contributed by atoms with van der Waals surface area (Å²) in [5.74, 6) is -6.36. The van der Waals surface area contributed by atoms with Crippen LogP contribution in [0.25, 0.3) is 0 Å². The molecule has 1 aliphatic carbocycles. The van der Waals surface area contributed by atoms with Gasteiger partial charge in [0, 0.05) is 25.1 Å². The first-order chi connectivity index (χ1) is 19.8. The third-order valence-electron chi connectivity index (χ3n) is 8.23. The molecule has 3 rings (SSSR count). The second-order valence-electron chi connectivity index (χ2n) is 11.5. The minimum absolute atomic E-state index is 0.0101. The van der Waals surface area contributed by atoms with Crippen LogP contribution in [0.2, 0.25) is 0 Å². The van der Waals surface area contributed by atoms with E-state index in [2.05, 4.69) is 10.6 Å². The predicted octanol–water partition coefficient (Wildman–Crippen LogP) is 3.28. The molecule has 3 amide bonds. The van der Waals surface area contributed by atoms with E-state index in [4.69, 9.17) is 5.11 Å². The van der Waals surface area contributed by atoms with Crippen LogP contribution in [0.1, 0.15) is 74.7 Å². The molecule has 0 spiro atoms. The third-order valence-corrected chi connectivity index (χ3v) is 8.23. The molecule has 2 fully saturated rings. The number of alkyl halides is 2. The Balaban J connectivity index is 1.70. The Labute approximate surface area is 242 Å². The Morgan fingerprint density at radius 3 is 2.19 bits per heavy atom. The maximum absolute atomic E-state index is 14.2. The van der Waals surface area contributed by atoms with Gasteiger partial charge in [-0.05, 0) is 42.7 Å². The number of aromatic carboxylic acids is 1. The smallest absolute Gasteiger partial charge is 0.335 e. The number of hydrogen-bond acceptors (Lipinski definition) is 5. The molecule has 1 aliphatic heterocycles. The lowest BCUT2D eigenvalue weighted by molar-refractivity contribution is -0.147. The molecular formula is C29H39F4N3O6. The predicted molar refractivity (Wildman–Crippen MR) is 144 cm³/mol. The minimum Gasteiger partial charge on any atom is -0.478 e. The highest BCUT2D eigenvalue weighted by Gasteiger charge is 2.45. The second-order valence-corrected chi connectivity index (χ2v) is 11.5. The molecule has 1 heterocycles. The number of halogens is 4. The number of nitrogens with one attached hydrogen (secondary N) is 2. The standard InChI is InChI=1S/C29H39F4N3O6/c1-15(2)25(37)28(40)36-14-18(16-6-4-3-5-7-16)12-23(36)27(39)35-22(13-24(32)33)26(38)34-9-8-19-20(30)10-17(29(41)42)11-21(19)31/h10-11,15-16,18,22-25,37H,3-9,12-14H2,1-2H3,(H,34,38)(H,35,39)(H,41,42)/t18-,22+,23?,25+/m1/s1. The summed E-state index contributed by atoms with van der Waals surface area (Å²) in [7, 11) is 0. The third kappa shape index (κ3) is 8.42. The number of carboxylic acids is 1. The van der Waals surface area contributed by atoms with Crippen LogP contribution in [0.4, 0.5) is 17.6 Å². The molecule has 1 aromatic rings. The van der Waals surface area contributed by atoms with E-state index in [0.29, 0.717) is 12.1 Å². The fourth-order valence-electron chi connectivity index (χ4n) is 5.84. The van der Waals surface area contributed by atoms with E-state index in [1.807, 2.05) is 0 Å². The first kappa shape index (κ1) is 33.3. The van der Waals surface area contributed by atoms with Crippen molar-refractivity contribution in [3.8, 4) is 0 Å². The molecule has 0 bridgehead atoms. The topological polar surface area (TPSA) is 136 Å². The Hall–Kier alpha value is -3.22. The van der Waals surface area contributed by atoms with Crippen LogP contribution in [0.3, 0.4) is 0 Å². The minimum atomic E-state index is -2.97. The lowest BCUT2D eigenvalue weighted by atomic mass is 9.79. The molecule has 13 heteroatoms. The molecule has 4 atom stereocenters. The molecule has 2 aliphatic rings. The van der Waals surface area contributed by atoms with Gasteiger partial charge in [-0.15, -0.1) is 0 Å². The van der Waals surface area contributed by atoms with Crippen molar-refractivity contribution >= 4 is 23.7 Å². The van der Waals surface area contributed by atoms with Crippen LogP contribution in [-0.2, 0) is 20.8 Å². The van der Waals surface area contributed by atoms with E-state index >= 15 is 0 Å². The van der Waals surface area contributed by atoms with Gasteiger partial charge in [0.15, 0.2) is 0 Å². The van der Waals surface area contributed by atoms with Gasteiger partial charge in [0.2, 0.25) is 18.2 Å². The summed E-state index contributed by atoms with van der Waals surface area (Å²) in [4.78, 5) is 51.6. The summed E-state index contributed by atoms with van der Waals surface area (Å²) < 4.78 is 55.2. The summed E-state index contributed by atoms with van der Waals surface area (Å²) in [6.45, 7) is 3.18. The van der Waals surface area contributed by atoms with Gasteiger partial charge in [-0.25, -0.2) is 22.4 Å². The van der Waals surface area contributed by atoms with Crippen LogP contribution in [0, 0.1) is 29.4 Å². The number of aliphatic hydroxyl groups is 1. The number of likely N-dealkylation sites (tertiary alicyclic amines) is 1. The summed E-state index contributed by atoms with van der Waals surface area (Å²) in [6.07, 6.45) is -0.401. The summed E-state index contributed by atoms with van der Waals surface area (Å²) in [5, 5.41) is 24.0. The van der Waals surface area contributed by atoms with Crippen molar-refractivity contribution in [1.82, 2.24) is 15.5 Å². The van der Waals surface area contributed by atoms with Crippen LogP contribution < -0.4 is 10.6 Å². The van der Waals surface area contributed by atoms with Crippen molar-refractivity contribution in [3.63, 3.8) is 0 Å². The first-order valence-electron chi connectivity index (χ1n) is 14.4. The van der Waals surface area contributed by atoms with E-state index < -0.39 is 89.8 Å². The molecular weight excluding hydrogens is 562 g/mol. The first-order valence-corrected chi connectivity index (χ1v) is 14.4. The van der Waals surface area contributed by atoms with Crippen LogP contribution in [-0.4, -0.2) is 76.5 Å². The number of benzene rings is 1. The molecule has 1 saturated carbocycles. The fraction of sp³-hybridized carbons (Fsp3) is 0.655. The lowest BCUT2D eigenvalue weighted by Crippen LogP contribution is -2.55. The van der Waals surface area contributed by atoms with Gasteiger partial charge >= 0.3 is 5.97 Å². The molecule has 234 valence electrons. The number of aliphatic hydroxyl groups excluding tert-OH is 1. The molecule has 1 unspecified atom stereocenters. The van der Waals surface area contributed by atoms with E-state index in [-0.39, 0.29) is 31.3 Å². The normalized spacial score (nSPS) is 20.9. The van der Waals surface area contributed by atoms with Crippen molar-refractivity contribution in [2.75, 3.05) is 13.1 Å². The average molecular weight is 602 g/mol. The Morgan fingerprint density at radius 2 is 1.64 bits per heavy atom. The summed E-state index contributed by atoms with van der Waals surface area (Å²) in [5.41, 5.74) is -1.09. The van der Waals surface area contributed by atoms with Crippen LogP contribution in [0.15, 0.2) is 12.1 Å². The zero-order valence-corrected chi connectivity index (χ0v) is 23.8. The number of nitrogens with zero attached hydrogens (tertiary/aromatic N) is 1.